The van der Waals surface area contributed by atoms with Gasteiger partial charge in [-0.3, -0.25) is 4.79 Å². The van der Waals surface area contributed by atoms with Gasteiger partial charge >= 0.3 is 11.9 Å². The molecule has 0 aromatic rings. The van der Waals surface area contributed by atoms with E-state index in [9.17, 15) is 9.59 Å². The quantitative estimate of drug-likeness (QED) is 0.239. The molecule has 1 fully saturated rings. The number of allylic oxidation sites excluding steroid dienone is 1. The first-order valence-corrected chi connectivity index (χ1v) is 6.14. The molecular weight excluding hydrogens is 232 g/mol. The second kappa shape index (κ2) is 6.50. The van der Waals surface area contributed by atoms with Crippen LogP contribution in [0.4, 0.5) is 0 Å². The summed E-state index contributed by atoms with van der Waals surface area (Å²) in [6.45, 7) is 9.77. The second-order valence-corrected chi connectivity index (χ2v) is 4.56. The molecule has 0 aliphatic carbocycles. The molecule has 0 aromatic carbocycles. The first-order chi connectivity index (χ1) is 8.45. The van der Waals surface area contributed by atoms with E-state index in [0.717, 1.165) is 18.6 Å². The van der Waals surface area contributed by atoms with Gasteiger partial charge in [0.2, 0.25) is 0 Å². The summed E-state index contributed by atoms with van der Waals surface area (Å²) < 4.78 is 9.83. The first kappa shape index (κ1) is 14.6. The van der Waals surface area contributed by atoms with E-state index in [-0.39, 0.29) is 6.10 Å². The smallest absolute Gasteiger partial charge is 0.341 e. The maximum absolute atomic E-state index is 11.7. The van der Waals surface area contributed by atoms with Crippen molar-refractivity contribution in [1.29, 1.82) is 0 Å². The Balaban J connectivity index is 2.37. The summed E-state index contributed by atoms with van der Waals surface area (Å²) in [5.74, 6) is -1.56. The van der Waals surface area contributed by atoms with Crippen molar-refractivity contribution in [3.63, 3.8) is 0 Å². The normalized spacial score (nSPS) is 20.2. The Morgan fingerprint density at radius 2 is 2.17 bits per heavy atom. The molecule has 0 saturated carbocycles. The highest BCUT2D eigenvalue weighted by molar-refractivity contribution is 5.96. The van der Waals surface area contributed by atoms with Crippen molar-refractivity contribution in [2.24, 2.45) is 5.92 Å². The average molecular weight is 252 g/mol. The molecule has 2 unspecified atom stereocenters. The molecule has 2 atom stereocenters. The fourth-order valence-corrected chi connectivity index (χ4v) is 1.36. The minimum absolute atomic E-state index is 0.245. The van der Waals surface area contributed by atoms with Gasteiger partial charge in [-0.1, -0.05) is 18.2 Å². The number of rotatable bonds is 6. The molecular formula is C14H20O4. The maximum atomic E-state index is 11.7. The van der Waals surface area contributed by atoms with Crippen LogP contribution in [0.25, 0.3) is 0 Å². The Morgan fingerprint density at radius 3 is 2.67 bits per heavy atom. The van der Waals surface area contributed by atoms with Gasteiger partial charge in [0.25, 0.3) is 0 Å². The molecule has 0 N–H and O–H groups in total. The number of carbonyl (C=O) groups is 2. The van der Waals surface area contributed by atoms with Crippen molar-refractivity contribution in [2.45, 2.75) is 39.7 Å². The van der Waals surface area contributed by atoms with E-state index in [2.05, 4.69) is 6.58 Å². The van der Waals surface area contributed by atoms with Crippen LogP contribution in [0, 0.1) is 5.92 Å². The Bertz CT molecular complexity index is 377. The summed E-state index contributed by atoms with van der Waals surface area (Å²) in [5, 5.41) is 0. The molecule has 0 radical (unpaired) electrons. The largest absolute Gasteiger partial charge is 0.389 e. The van der Waals surface area contributed by atoms with Crippen LogP contribution in [-0.2, 0) is 19.1 Å². The second-order valence-electron chi connectivity index (χ2n) is 4.56. The molecule has 18 heavy (non-hydrogen) atoms. The SMILES string of the molecule is C=C(CCC1CO1)C(=O)OC(=O)C(C)C(C)=CC. The third kappa shape index (κ3) is 4.45. The Kier molecular flexibility index (Phi) is 5.28. The molecule has 0 bridgehead atoms. The predicted molar refractivity (Wildman–Crippen MR) is 67.8 cm³/mol. The summed E-state index contributed by atoms with van der Waals surface area (Å²) in [4.78, 5) is 23.3. The van der Waals surface area contributed by atoms with E-state index in [1.807, 2.05) is 19.9 Å². The van der Waals surface area contributed by atoms with E-state index in [4.69, 9.17) is 9.47 Å². The van der Waals surface area contributed by atoms with E-state index in [0.29, 0.717) is 12.0 Å². The van der Waals surface area contributed by atoms with Crippen molar-refractivity contribution < 1.29 is 19.1 Å². The number of ether oxygens (including phenoxy) is 2. The van der Waals surface area contributed by atoms with Crippen LogP contribution in [0.3, 0.4) is 0 Å². The molecule has 1 aliphatic rings. The maximum Gasteiger partial charge on any atom is 0.341 e. The third-order valence-corrected chi connectivity index (χ3v) is 3.14. The molecule has 100 valence electrons. The molecule has 0 amide bonds. The van der Waals surface area contributed by atoms with Gasteiger partial charge in [-0.25, -0.2) is 4.79 Å². The van der Waals surface area contributed by atoms with Crippen LogP contribution in [0.5, 0.6) is 0 Å². The van der Waals surface area contributed by atoms with Crippen LogP contribution in [0.2, 0.25) is 0 Å². The summed E-state index contributed by atoms with van der Waals surface area (Å²) in [5.41, 5.74) is 1.20. The van der Waals surface area contributed by atoms with Gasteiger partial charge in [-0.2, -0.15) is 0 Å². The molecule has 4 heteroatoms. The minimum atomic E-state index is -0.628. The van der Waals surface area contributed by atoms with Gasteiger partial charge in [-0.05, 0) is 33.6 Å². The zero-order valence-electron chi connectivity index (χ0n) is 11.2. The lowest BCUT2D eigenvalue weighted by Gasteiger charge is -2.11. The molecule has 1 rings (SSSR count). The fraction of sp³-hybridized carbons (Fsp3) is 0.571. The van der Waals surface area contributed by atoms with E-state index in [1.54, 1.807) is 6.92 Å². The zero-order chi connectivity index (χ0) is 13.7. The van der Waals surface area contributed by atoms with Crippen LogP contribution in [0.1, 0.15) is 33.6 Å². The monoisotopic (exact) mass is 252 g/mol. The van der Waals surface area contributed by atoms with Crippen molar-refractivity contribution >= 4 is 11.9 Å². The van der Waals surface area contributed by atoms with E-state index < -0.39 is 17.9 Å². The molecule has 1 heterocycles. The van der Waals surface area contributed by atoms with Crippen molar-refractivity contribution in [3.8, 4) is 0 Å². The van der Waals surface area contributed by atoms with Gasteiger partial charge in [0.15, 0.2) is 0 Å². The van der Waals surface area contributed by atoms with E-state index in [1.165, 1.54) is 0 Å². The van der Waals surface area contributed by atoms with Gasteiger partial charge < -0.3 is 9.47 Å². The topological polar surface area (TPSA) is 55.9 Å². The van der Waals surface area contributed by atoms with Crippen LogP contribution < -0.4 is 0 Å². The van der Waals surface area contributed by atoms with Gasteiger partial charge in [0, 0.05) is 5.57 Å². The lowest BCUT2D eigenvalue weighted by atomic mass is 10.0. The highest BCUT2D eigenvalue weighted by Crippen LogP contribution is 2.19. The minimum Gasteiger partial charge on any atom is -0.389 e. The molecule has 4 nitrogen and oxygen atoms in total. The van der Waals surface area contributed by atoms with Crippen molar-refractivity contribution in [2.75, 3.05) is 6.61 Å². The van der Waals surface area contributed by atoms with Gasteiger partial charge in [0.1, 0.15) is 0 Å². The summed E-state index contributed by atoms with van der Waals surface area (Å²) in [7, 11) is 0. The molecule has 0 aromatic heterocycles. The fourth-order valence-electron chi connectivity index (χ4n) is 1.36. The molecule has 1 saturated heterocycles. The Morgan fingerprint density at radius 1 is 1.56 bits per heavy atom. The zero-order valence-corrected chi connectivity index (χ0v) is 11.2. The van der Waals surface area contributed by atoms with Gasteiger partial charge in [-0.15, -0.1) is 0 Å². The van der Waals surface area contributed by atoms with Crippen LogP contribution in [-0.4, -0.2) is 24.6 Å². The lowest BCUT2D eigenvalue weighted by Crippen LogP contribution is -2.21. The first-order valence-electron chi connectivity index (χ1n) is 6.14. The van der Waals surface area contributed by atoms with Gasteiger partial charge in [0.05, 0.1) is 18.6 Å². The number of carbonyl (C=O) groups excluding carboxylic acids is 2. The number of hydrogen-bond donors (Lipinski definition) is 0. The lowest BCUT2D eigenvalue weighted by molar-refractivity contribution is -0.158. The van der Waals surface area contributed by atoms with Crippen molar-refractivity contribution in [3.05, 3.63) is 23.8 Å². The molecule has 1 aliphatic heterocycles. The number of esters is 2. The average Bonchev–Trinajstić information content (AvgIpc) is 3.17. The Labute approximate surface area is 108 Å². The van der Waals surface area contributed by atoms with Crippen LogP contribution in [0.15, 0.2) is 23.8 Å². The standard InChI is InChI=1S/C14H20O4/c1-5-9(2)11(4)14(16)18-13(15)10(3)6-7-12-8-17-12/h5,11-12H,3,6-8H2,1-2,4H3. The van der Waals surface area contributed by atoms with Crippen molar-refractivity contribution in [1.82, 2.24) is 0 Å². The summed E-state index contributed by atoms with van der Waals surface area (Å²) in [6.07, 6.45) is 3.34. The molecule has 0 spiro atoms. The summed E-state index contributed by atoms with van der Waals surface area (Å²) in [6, 6.07) is 0. The number of epoxide rings is 1. The highest BCUT2D eigenvalue weighted by atomic mass is 16.6. The highest BCUT2D eigenvalue weighted by Gasteiger charge is 2.25. The summed E-state index contributed by atoms with van der Waals surface area (Å²) >= 11 is 0. The third-order valence-electron chi connectivity index (χ3n) is 3.14. The number of hydrogen-bond acceptors (Lipinski definition) is 4. The van der Waals surface area contributed by atoms with E-state index >= 15 is 0 Å². The van der Waals surface area contributed by atoms with Crippen LogP contribution >= 0.6 is 0 Å². The predicted octanol–water partition coefficient (Wildman–Crippen LogP) is 2.39. The Hall–Kier alpha value is -1.42.